The van der Waals surface area contributed by atoms with Crippen LogP contribution in [0, 0.1) is 17.8 Å². The first-order chi connectivity index (χ1) is 16.0. The van der Waals surface area contributed by atoms with Crippen LogP contribution in [0.25, 0.3) is 0 Å². The van der Waals surface area contributed by atoms with E-state index in [-0.39, 0.29) is 35.8 Å². The maximum Gasteiger partial charge on any atom is 0.253 e. The van der Waals surface area contributed by atoms with E-state index < -0.39 is 51.1 Å². The minimum absolute atomic E-state index is 0.115. The molecule has 34 heavy (non-hydrogen) atoms. The molecule has 0 radical (unpaired) electrons. The first kappa shape index (κ1) is 23.0. The van der Waals surface area contributed by atoms with E-state index in [0.717, 1.165) is 4.90 Å². The Labute approximate surface area is 205 Å². The normalized spacial score (nSPS) is 36.5. The van der Waals surface area contributed by atoms with Gasteiger partial charge in [-0.3, -0.25) is 29.4 Å². The number of carbonyl (C=O) groups excluding carboxylic acids is 4. The molecule has 1 saturated carbocycles. The summed E-state index contributed by atoms with van der Waals surface area (Å²) in [7, 11) is 4.10. The number of ether oxygens (including phenoxy) is 2. The van der Waals surface area contributed by atoms with Crippen molar-refractivity contribution in [2.45, 2.75) is 28.5 Å². The number of aromatic hydroxyl groups is 1. The number of halogens is 2. The molecule has 4 amide bonds. The number of hydrogen-bond acceptors (Lipinski definition) is 7. The highest BCUT2D eigenvalue weighted by Crippen LogP contribution is 2.66. The van der Waals surface area contributed by atoms with E-state index >= 15 is 0 Å². The number of phenolic OH excluding ortho intramolecular Hbond substituents is 1. The van der Waals surface area contributed by atoms with Crippen LogP contribution >= 0.6 is 23.2 Å². The van der Waals surface area contributed by atoms with Crippen molar-refractivity contribution >= 4 is 46.8 Å². The number of methoxy groups -OCH3 is 2. The van der Waals surface area contributed by atoms with Gasteiger partial charge in [0.2, 0.25) is 11.8 Å². The molecule has 2 aliphatic carbocycles. The zero-order valence-corrected chi connectivity index (χ0v) is 20.1. The van der Waals surface area contributed by atoms with Crippen LogP contribution in [0.15, 0.2) is 23.8 Å². The first-order valence-corrected chi connectivity index (χ1v) is 11.5. The number of carbonyl (C=O) groups is 4. The molecule has 0 bridgehead atoms. The molecular formula is C23H22Cl2N2O7. The van der Waals surface area contributed by atoms with Gasteiger partial charge in [0.05, 0.1) is 26.1 Å². The van der Waals surface area contributed by atoms with Crippen molar-refractivity contribution < 1.29 is 33.8 Å². The van der Waals surface area contributed by atoms with Gasteiger partial charge in [-0.2, -0.15) is 0 Å². The third kappa shape index (κ3) is 2.62. The topological polar surface area (TPSA) is 122 Å². The van der Waals surface area contributed by atoms with E-state index in [0.29, 0.717) is 11.3 Å². The minimum Gasteiger partial charge on any atom is -0.507 e. The van der Waals surface area contributed by atoms with Gasteiger partial charge in [-0.1, -0.05) is 11.6 Å². The van der Waals surface area contributed by atoms with Crippen LogP contribution in [0.5, 0.6) is 17.2 Å². The molecule has 2 heterocycles. The molecule has 1 aromatic carbocycles. The van der Waals surface area contributed by atoms with E-state index in [1.165, 1.54) is 33.4 Å². The van der Waals surface area contributed by atoms with Crippen LogP contribution in [0.1, 0.15) is 24.3 Å². The monoisotopic (exact) mass is 508 g/mol. The number of nitrogens with zero attached hydrogens (tertiary/aromatic N) is 1. The molecule has 5 rings (SSSR count). The molecule has 0 spiro atoms. The van der Waals surface area contributed by atoms with Gasteiger partial charge in [0.25, 0.3) is 11.8 Å². The summed E-state index contributed by atoms with van der Waals surface area (Å²) in [5.41, 5.74) is 0.714. The molecular weight excluding hydrogens is 487 g/mol. The van der Waals surface area contributed by atoms with E-state index in [4.69, 9.17) is 32.7 Å². The zero-order chi connectivity index (χ0) is 24.7. The standard InChI is InChI=1S/C23H22Cl2N2O7/c1-27-20(31)22(24)8-12-10(4-5-11-15(12)19(30)26-18(11)29)17(23(22,25)21(27)32)16-13(28)6-9(33-2)7-14(16)34-3/h4,6-7,11-12,15,17,28H,5,8H2,1-3H3,(H,26,29,30). The Hall–Kier alpha value is -2.78. The number of fused-ring (bicyclic) bond motifs is 4. The summed E-state index contributed by atoms with van der Waals surface area (Å²) in [4.78, 5) is 48.9. The molecule has 2 aliphatic heterocycles. The number of benzene rings is 1. The summed E-state index contributed by atoms with van der Waals surface area (Å²) < 4.78 is 10.8. The van der Waals surface area contributed by atoms with Gasteiger partial charge in [-0.25, -0.2) is 0 Å². The van der Waals surface area contributed by atoms with Gasteiger partial charge < -0.3 is 14.6 Å². The highest BCUT2D eigenvalue weighted by Gasteiger charge is 2.76. The van der Waals surface area contributed by atoms with Crippen LogP contribution in [0.4, 0.5) is 0 Å². The molecule has 180 valence electrons. The molecule has 11 heteroatoms. The number of nitrogens with one attached hydrogen (secondary N) is 1. The fraction of sp³-hybridized carbons (Fsp3) is 0.478. The summed E-state index contributed by atoms with van der Waals surface area (Å²) in [5, 5.41) is 13.4. The fourth-order valence-electron chi connectivity index (χ4n) is 6.14. The lowest BCUT2D eigenvalue weighted by molar-refractivity contribution is -0.138. The highest BCUT2D eigenvalue weighted by atomic mass is 35.5. The van der Waals surface area contributed by atoms with Gasteiger partial charge >= 0.3 is 0 Å². The highest BCUT2D eigenvalue weighted by molar-refractivity contribution is 6.53. The van der Waals surface area contributed by atoms with Crippen LogP contribution in [-0.4, -0.2) is 64.7 Å². The summed E-state index contributed by atoms with van der Waals surface area (Å²) in [6.07, 6.45) is 1.90. The Kier molecular flexibility index (Phi) is 4.97. The van der Waals surface area contributed by atoms with Gasteiger partial charge in [-0.15, -0.1) is 23.2 Å². The van der Waals surface area contributed by atoms with Gasteiger partial charge in [0.1, 0.15) is 17.2 Å². The average molecular weight is 509 g/mol. The predicted molar refractivity (Wildman–Crippen MR) is 120 cm³/mol. The molecule has 3 fully saturated rings. The second-order valence-electron chi connectivity index (χ2n) is 9.11. The van der Waals surface area contributed by atoms with Gasteiger partial charge in [0, 0.05) is 30.7 Å². The van der Waals surface area contributed by atoms with E-state index in [1.54, 1.807) is 6.08 Å². The summed E-state index contributed by atoms with van der Waals surface area (Å²) in [6.45, 7) is 0. The van der Waals surface area contributed by atoms with Crippen molar-refractivity contribution in [2.24, 2.45) is 17.8 Å². The van der Waals surface area contributed by atoms with Crippen LogP contribution in [0.3, 0.4) is 0 Å². The van der Waals surface area contributed by atoms with Crippen LogP contribution < -0.4 is 14.8 Å². The van der Waals surface area contributed by atoms with E-state index in [1.807, 2.05) is 0 Å². The Morgan fingerprint density at radius 3 is 2.41 bits per heavy atom. The summed E-state index contributed by atoms with van der Waals surface area (Å²) in [5.74, 6) is -5.21. The molecule has 2 saturated heterocycles. The number of hydrogen-bond donors (Lipinski definition) is 2. The van der Waals surface area contributed by atoms with Gasteiger partial charge in [-0.05, 0) is 18.8 Å². The Balaban J connectivity index is 1.81. The van der Waals surface area contributed by atoms with Crippen molar-refractivity contribution in [3.8, 4) is 17.2 Å². The molecule has 2 N–H and O–H groups in total. The quantitative estimate of drug-likeness (QED) is 0.361. The molecule has 4 aliphatic rings. The fourth-order valence-corrected chi connectivity index (χ4v) is 7.14. The molecule has 1 aromatic rings. The lowest BCUT2D eigenvalue weighted by Gasteiger charge is -2.51. The second-order valence-corrected chi connectivity index (χ2v) is 10.4. The second kappa shape index (κ2) is 7.36. The first-order valence-electron chi connectivity index (χ1n) is 10.7. The molecule has 0 aromatic heterocycles. The van der Waals surface area contributed by atoms with Crippen molar-refractivity contribution in [3.05, 3.63) is 29.3 Å². The number of rotatable bonds is 3. The van der Waals surface area contributed by atoms with Crippen molar-refractivity contribution in [3.63, 3.8) is 0 Å². The number of allylic oxidation sites excluding steroid dienone is 2. The third-order valence-corrected chi connectivity index (χ3v) is 9.11. The molecule has 9 nitrogen and oxygen atoms in total. The van der Waals surface area contributed by atoms with Crippen LogP contribution in [-0.2, 0) is 19.2 Å². The molecule has 6 atom stereocenters. The van der Waals surface area contributed by atoms with Gasteiger partial charge in [0.15, 0.2) is 9.75 Å². The van der Waals surface area contributed by atoms with Crippen molar-refractivity contribution in [1.82, 2.24) is 10.2 Å². The summed E-state index contributed by atoms with van der Waals surface area (Å²) in [6, 6.07) is 2.87. The van der Waals surface area contributed by atoms with Crippen LogP contribution in [0.2, 0.25) is 0 Å². The lowest BCUT2D eigenvalue weighted by Crippen LogP contribution is -2.60. The molecule has 6 unspecified atom stereocenters. The van der Waals surface area contributed by atoms with Crippen molar-refractivity contribution in [1.29, 1.82) is 0 Å². The largest absolute Gasteiger partial charge is 0.507 e. The van der Waals surface area contributed by atoms with E-state index in [2.05, 4.69) is 5.32 Å². The maximum absolute atomic E-state index is 13.5. The minimum atomic E-state index is -2.01. The van der Waals surface area contributed by atoms with Crippen molar-refractivity contribution in [2.75, 3.05) is 21.3 Å². The third-order valence-electron chi connectivity index (χ3n) is 7.70. The summed E-state index contributed by atoms with van der Waals surface area (Å²) >= 11 is 14.1. The lowest BCUT2D eigenvalue weighted by atomic mass is 9.56. The zero-order valence-electron chi connectivity index (χ0n) is 18.6. The number of amides is 4. The number of alkyl halides is 2. The SMILES string of the molecule is COc1cc(O)c(C2C3=CCC4C(=O)NC(=O)C4C3CC3(Cl)C(=O)N(C)C(=O)C23Cl)c(OC)c1. The number of likely N-dealkylation sites (tertiary alicyclic amines) is 1. The Morgan fingerprint density at radius 2 is 1.76 bits per heavy atom. The van der Waals surface area contributed by atoms with E-state index in [9.17, 15) is 24.3 Å². The maximum atomic E-state index is 13.5. The Bertz CT molecular complexity index is 1200. The smallest absolute Gasteiger partial charge is 0.253 e. The average Bonchev–Trinajstić information content (AvgIpc) is 3.17. The number of imide groups is 2. The Morgan fingerprint density at radius 1 is 1.06 bits per heavy atom. The number of phenols is 1. The predicted octanol–water partition coefficient (Wildman–Crippen LogP) is 1.69.